The van der Waals surface area contributed by atoms with Crippen molar-refractivity contribution in [1.29, 1.82) is 0 Å². The molecule has 0 unspecified atom stereocenters. The first-order valence-electron chi connectivity index (χ1n) is 7.98. The molecule has 2 N–H and O–H groups in total. The van der Waals surface area contributed by atoms with E-state index in [4.69, 9.17) is 0 Å². The molecule has 0 fully saturated rings. The van der Waals surface area contributed by atoms with Gasteiger partial charge in [-0.3, -0.25) is 9.59 Å². The van der Waals surface area contributed by atoms with Gasteiger partial charge in [0.05, 0.1) is 6.42 Å². The summed E-state index contributed by atoms with van der Waals surface area (Å²) >= 11 is 0. The van der Waals surface area contributed by atoms with Gasteiger partial charge in [0, 0.05) is 34.9 Å². The molecule has 0 radical (unpaired) electrons. The third kappa shape index (κ3) is 2.55. The van der Waals surface area contributed by atoms with Crippen LogP contribution in [0.15, 0.2) is 73.1 Å². The van der Waals surface area contributed by atoms with Crippen LogP contribution in [0.5, 0.6) is 0 Å². The van der Waals surface area contributed by atoms with E-state index in [0.29, 0.717) is 16.8 Å². The second-order valence-electron chi connectivity index (χ2n) is 6.10. The first-order chi connectivity index (χ1) is 12.1. The number of carbonyl (C=O) groups is 2. The van der Waals surface area contributed by atoms with Gasteiger partial charge >= 0.3 is 0 Å². The van der Waals surface area contributed by atoms with Crippen molar-refractivity contribution in [1.82, 2.24) is 4.57 Å². The van der Waals surface area contributed by atoms with E-state index in [-0.39, 0.29) is 12.2 Å². The molecule has 5 nitrogen and oxygen atoms in total. The molecule has 3 aromatic rings. The van der Waals surface area contributed by atoms with Crippen LogP contribution in [0, 0.1) is 0 Å². The number of nitrogens with zero attached hydrogens (tertiary/aromatic N) is 1. The zero-order valence-corrected chi connectivity index (χ0v) is 13.3. The highest BCUT2D eigenvalue weighted by Gasteiger charge is 2.46. The van der Waals surface area contributed by atoms with Gasteiger partial charge in [-0.2, -0.15) is 0 Å². The zero-order valence-electron chi connectivity index (χ0n) is 13.3. The predicted molar refractivity (Wildman–Crippen MR) is 93.7 cm³/mol. The predicted octanol–water partition coefficient (Wildman–Crippen LogP) is 2.89. The summed E-state index contributed by atoms with van der Waals surface area (Å²) < 4.78 is 1.93. The summed E-state index contributed by atoms with van der Waals surface area (Å²) in [4.78, 5) is 24.8. The lowest BCUT2D eigenvalue weighted by Gasteiger charge is -2.20. The summed E-state index contributed by atoms with van der Waals surface area (Å²) in [6.07, 6.45) is 3.54. The number of hydrogen-bond donors (Lipinski definition) is 2. The molecule has 0 aliphatic carbocycles. The maximum Gasteiger partial charge on any atom is 0.261 e. The summed E-state index contributed by atoms with van der Waals surface area (Å²) in [6, 6.07) is 17.8. The highest BCUT2D eigenvalue weighted by Crippen LogP contribution is 2.38. The molecular weight excluding hydrogens is 316 g/mol. The van der Waals surface area contributed by atoms with Crippen LogP contribution in [-0.4, -0.2) is 21.4 Å². The lowest BCUT2D eigenvalue weighted by Crippen LogP contribution is -2.36. The quantitative estimate of drug-likeness (QED) is 0.722. The number of ketones is 1. The average molecular weight is 332 g/mol. The number of benzene rings is 2. The molecule has 1 aromatic heterocycles. The van der Waals surface area contributed by atoms with Gasteiger partial charge in [0.2, 0.25) is 0 Å². The fourth-order valence-electron chi connectivity index (χ4n) is 3.14. The molecule has 0 spiro atoms. The van der Waals surface area contributed by atoms with Crippen LogP contribution < -0.4 is 5.32 Å². The van der Waals surface area contributed by atoms with Crippen LogP contribution in [0.2, 0.25) is 0 Å². The molecule has 25 heavy (non-hydrogen) atoms. The Labute approximate surface area is 144 Å². The molecule has 0 saturated heterocycles. The van der Waals surface area contributed by atoms with E-state index in [1.807, 2.05) is 41.2 Å². The van der Waals surface area contributed by atoms with Crippen LogP contribution in [0.4, 0.5) is 5.69 Å². The van der Waals surface area contributed by atoms with E-state index < -0.39 is 11.5 Å². The Bertz CT molecular complexity index is 945. The van der Waals surface area contributed by atoms with Crippen molar-refractivity contribution in [2.45, 2.75) is 12.0 Å². The first-order valence-corrected chi connectivity index (χ1v) is 7.98. The largest absolute Gasteiger partial charge is 0.375 e. The smallest absolute Gasteiger partial charge is 0.261 e. The Hall–Kier alpha value is -3.18. The van der Waals surface area contributed by atoms with Crippen LogP contribution in [0.25, 0.3) is 5.69 Å². The number of aromatic nitrogens is 1. The van der Waals surface area contributed by atoms with E-state index in [0.717, 1.165) is 5.69 Å². The number of amides is 1. The highest BCUT2D eigenvalue weighted by molar-refractivity contribution is 6.09. The van der Waals surface area contributed by atoms with Gasteiger partial charge in [-0.1, -0.05) is 18.2 Å². The minimum absolute atomic E-state index is 0.284. The molecule has 1 aliphatic rings. The summed E-state index contributed by atoms with van der Waals surface area (Å²) in [7, 11) is 0. The van der Waals surface area contributed by atoms with Crippen molar-refractivity contribution < 1.29 is 14.7 Å². The van der Waals surface area contributed by atoms with Crippen molar-refractivity contribution in [2.24, 2.45) is 0 Å². The number of aliphatic hydroxyl groups is 1. The van der Waals surface area contributed by atoms with E-state index in [9.17, 15) is 14.7 Å². The van der Waals surface area contributed by atoms with Crippen molar-refractivity contribution in [3.8, 4) is 5.69 Å². The van der Waals surface area contributed by atoms with E-state index in [2.05, 4.69) is 5.32 Å². The normalized spacial score (nSPS) is 18.7. The SMILES string of the molecule is O=C(C[C@]1(O)C(=O)Nc2ccccc21)c1ccc(-n2cccc2)cc1. The molecule has 0 saturated carbocycles. The maximum atomic E-state index is 12.6. The number of carbonyl (C=O) groups excluding carboxylic acids is 2. The number of hydrogen-bond acceptors (Lipinski definition) is 3. The molecule has 5 heteroatoms. The molecule has 4 rings (SSSR count). The Balaban J connectivity index is 1.59. The van der Waals surface area contributed by atoms with Gasteiger partial charge in [-0.25, -0.2) is 0 Å². The topological polar surface area (TPSA) is 71.3 Å². The van der Waals surface area contributed by atoms with Crippen molar-refractivity contribution in [3.63, 3.8) is 0 Å². The average Bonchev–Trinajstić information content (AvgIpc) is 3.24. The van der Waals surface area contributed by atoms with Gasteiger partial charge < -0.3 is 15.0 Å². The van der Waals surface area contributed by atoms with Gasteiger partial charge in [0.15, 0.2) is 11.4 Å². The van der Waals surface area contributed by atoms with Gasteiger partial charge in [0.25, 0.3) is 5.91 Å². The van der Waals surface area contributed by atoms with Gasteiger partial charge in [0.1, 0.15) is 0 Å². The Morgan fingerprint density at radius 1 is 1.00 bits per heavy atom. The minimum Gasteiger partial charge on any atom is -0.375 e. The molecule has 124 valence electrons. The number of Topliss-reactive ketones (excluding diaryl/α,β-unsaturated/α-hetero) is 1. The fraction of sp³-hybridized carbons (Fsp3) is 0.100. The third-order valence-corrected chi connectivity index (χ3v) is 4.50. The first kappa shape index (κ1) is 15.4. The second-order valence-corrected chi connectivity index (χ2v) is 6.10. The summed E-state index contributed by atoms with van der Waals surface area (Å²) in [5.74, 6) is -0.848. The van der Waals surface area contributed by atoms with Crippen molar-refractivity contribution >= 4 is 17.4 Å². The molecule has 1 atom stereocenters. The Morgan fingerprint density at radius 3 is 2.40 bits per heavy atom. The maximum absolute atomic E-state index is 12.6. The number of anilines is 1. The molecule has 1 amide bonds. The lowest BCUT2D eigenvalue weighted by molar-refractivity contribution is -0.133. The Kier molecular flexibility index (Phi) is 3.51. The van der Waals surface area contributed by atoms with Crippen molar-refractivity contribution in [3.05, 3.63) is 84.2 Å². The fourth-order valence-corrected chi connectivity index (χ4v) is 3.14. The minimum atomic E-state index is -1.83. The summed E-state index contributed by atoms with van der Waals surface area (Å²) in [5, 5.41) is 13.4. The lowest BCUT2D eigenvalue weighted by atomic mass is 9.88. The standard InChI is InChI=1S/C20H16N2O3/c23-18(14-7-9-15(10-8-14)22-11-3-4-12-22)13-20(25)16-5-1-2-6-17(16)21-19(20)24/h1-12,25H,13H2,(H,21,24)/t20-/m1/s1. The molecular formula is C20H16N2O3. The Morgan fingerprint density at radius 2 is 1.68 bits per heavy atom. The highest BCUT2D eigenvalue weighted by atomic mass is 16.3. The van der Waals surface area contributed by atoms with Gasteiger partial charge in [-0.15, -0.1) is 0 Å². The second kappa shape index (κ2) is 5.72. The zero-order chi connectivity index (χ0) is 17.4. The number of rotatable bonds is 4. The van der Waals surface area contributed by atoms with E-state index >= 15 is 0 Å². The third-order valence-electron chi connectivity index (χ3n) is 4.50. The van der Waals surface area contributed by atoms with E-state index in [1.54, 1.807) is 36.4 Å². The number of nitrogens with one attached hydrogen (secondary N) is 1. The molecule has 0 bridgehead atoms. The summed E-state index contributed by atoms with van der Waals surface area (Å²) in [6.45, 7) is 0. The summed E-state index contributed by atoms with van der Waals surface area (Å²) in [5.41, 5.74) is 0.557. The monoisotopic (exact) mass is 332 g/mol. The molecule has 2 aromatic carbocycles. The van der Waals surface area contributed by atoms with Gasteiger partial charge in [-0.05, 0) is 42.5 Å². The molecule has 2 heterocycles. The van der Waals surface area contributed by atoms with E-state index in [1.165, 1.54) is 0 Å². The van der Waals surface area contributed by atoms with Crippen LogP contribution in [0.1, 0.15) is 22.3 Å². The van der Waals surface area contributed by atoms with Crippen molar-refractivity contribution in [2.75, 3.05) is 5.32 Å². The van der Waals surface area contributed by atoms with Crippen LogP contribution in [0.3, 0.4) is 0 Å². The number of para-hydroxylation sites is 1. The number of fused-ring (bicyclic) bond motifs is 1. The molecule has 1 aliphatic heterocycles. The van der Waals surface area contributed by atoms with Crippen LogP contribution >= 0.6 is 0 Å². The van der Waals surface area contributed by atoms with Crippen LogP contribution in [-0.2, 0) is 10.4 Å².